The van der Waals surface area contributed by atoms with Crippen LogP contribution in [0.5, 0.6) is 0 Å². The highest BCUT2D eigenvalue weighted by Gasteiger charge is 2.57. The monoisotopic (exact) mass is 470 g/mol. The lowest BCUT2D eigenvalue weighted by Crippen LogP contribution is -2.58. The van der Waals surface area contributed by atoms with E-state index in [1.54, 1.807) is 6.07 Å². The van der Waals surface area contributed by atoms with Crippen molar-refractivity contribution in [3.63, 3.8) is 0 Å². The Morgan fingerprint density at radius 2 is 1.94 bits per heavy atom. The summed E-state index contributed by atoms with van der Waals surface area (Å²) in [5.74, 6) is -0.372. The second-order valence-electron chi connectivity index (χ2n) is 9.73. The summed E-state index contributed by atoms with van der Waals surface area (Å²) in [7, 11) is -3.64. The van der Waals surface area contributed by atoms with Gasteiger partial charge in [0.05, 0.1) is 17.6 Å². The lowest BCUT2D eigenvalue weighted by Gasteiger charge is -2.42. The average Bonchev–Trinajstić information content (AvgIpc) is 3.22. The second kappa shape index (κ2) is 9.40. The van der Waals surface area contributed by atoms with Crippen LogP contribution in [-0.2, 0) is 34.3 Å². The zero-order valence-corrected chi connectivity index (χ0v) is 19.7. The molecule has 0 radical (unpaired) electrons. The van der Waals surface area contributed by atoms with Crippen molar-refractivity contribution >= 4 is 21.6 Å². The maximum atomic E-state index is 13.3. The van der Waals surface area contributed by atoms with Crippen molar-refractivity contribution in [2.24, 2.45) is 0 Å². The molecule has 180 valence electrons. The van der Waals surface area contributed by atoms with Gasteiger partial charge >= 0.3 is 0 Å². The number of anilines is 1. The molecule has 1 N–H and O–H groups in total. The highest BCUT2D eigenvalue weighted by molar-refractivity contribution is 7.94. The first-order chi connectivity index (χ1) is 15.2. The summed E-state index contributed by atoms with van der Waals surface area (Å²) in [6, 6.07) is 1.65. The van der Waals surface area contributed by atoms with Crippen molar-refractivity contribution in [3.8, 4) is 0 Å². The molecule has 2 aliphatic heterocycles. The van der Waals surface area contributed by atoms with Crippen molar-refractivity contribution in [2.45, 2.75) is 86.9 Å². The van der Waals surface area contributed by atoms with Gasteiger partial charge in [0.25, 0.3) is 0 Å². The fourth-order valence-electron chi connectivity index (χ4n) is 4.54. The lowest BCUT2D eigenvalue weighted by molar-refractivity contribution is -0.170. The fraction of sp³-hybridized carbons (Fsp3) is 0.818. The van der Waals surface area contributed by atoms with Crippen molar-refractivity contribution in [2.75, 3.05) is 31.7 Å². The third-order valence-corrected chi connectivity index (χ3v) is 9.97. The van der Waals surface area contributed by atoms with Gasteiger partial charge in [-0.1, -0.05) is 19.0 Å². The van der Waals surface area contributed by atoms with Gasteiger partial charge < -0.3 is 18.7 Å². The normalized spacial score (nSPS) is 24.6. The van der Waals surface area contributed by atoms with Crippen LogP contribution in [0.4, 0.5) is 5.88 Å². The SMILES string of the molecule is CC(C)(COC1CCCCO1)c1cc(NC(=O)C2(S(=O)(=O)C3CCOCC3)CCC2)on1. The Morgan fingerprint density at radius 3 is 2.56 bits per heavy atom. The van der Waals surface area contributed by atoms with E-state index in [0.29, 0.717) is 64.2 Å². The zero-order chi connectivity index (χ0) is 22.8. The van der Waals surface area contributed by atoms with Gasteiger partial charge in [-0.15, -0.1) is 0 Å². The summed E-state index contributed by atoms with van der Waals surface area (Å²) in [6.07, 6.45) is 5.06. The summed E-state index contributed by atoms with van der Waals surface area (Å²) in [4.78, 5) is 13.1. The molecular formula is C22H34N2O7S. The minimum Gasteiger partial charge on any atom is -0.381 e. The molecule has 3 fully saturated rings. The molecule has 1 unspecified atom stereocenters. The largest absolute Gasteiger partial charge is 0.381 e. The molecule has 1 aliphatic carbocycles. The van der Waals surface area contributed by atoms with E-state index in [-0.39, 0.29) is 12.2 Å². The molecule has 0 bridgehead atoms. The van der Waals surface area contributed by atoms with Crippen LogP contribution in [0.1, 0.15) is 70.9 Å². The van der Waals surface area contributed by atoms with Crippen LogP contribution in [-0.4, -0.2) is 62.2 Å². The van der Waals surface area contributed by atoms with E-state index in [9.17, 15) is 13.2 Å². The lowest BCUT2D eigenvalue weighted by atomic mass is 9.83. The van der Waals surface area contributed by atoms with E-state index < -0.39 is 31.2 Å². The maximum absolute atomic E-state index is 13.3. The van der Waals surface area contributed by atoms with Gasteiger partial charge in [-0.25, -0.2) is 8.42 Å². The van der Waals surface area contributed by atoms with E-state index in [1.807, 2.05) is 13.8 Å². The maximum Gasteiger partial charge on any atom is 0.248 e. The number of rotatable bonds is 8. The Kier molecular flexibility index (Phi) is 6.95. The number of hydrogen-bond donors (Lipinski definition) is 1. The summed E-state index contributed by atoms with van der Waals surface area (Å²) in [5, 5.41) is 6.25. The van der Waals surface area contributed by atoms with Crippen LogP contribution in [0.3, 0.4) is 0 Å². The van der Waals surface area contributed by atoms with Gasteiger partial charge in [-0.3, -0.25) is 10.1 Å². The first kappa shape index (κ1) is 23.7. The quantitative estimate of drug-likeness (QED) is 0.616. The van der Waals surface area contributed by atoms with Gasteiger partial charge in [0.15, 0.2) is 20.9 Å². The third-order valence-electron chi connectivity index (χ3n) is 6.94. The number of carbonyl (C=O) groups excluding carboxylic acids is 1. The van der Waals surface area contributed by atoms with Crippen LogP contribution in [0, 0.1) is 0 Å². The van der Waals surface area contributed by atoms with Crippen LogP contribution in [0.2, 0.25) is 0 Å². The zero-order valence-electron chi connectivity index (χ0n) is 18.9. The second-order valence-corrected chi connectivity index (χ2v) is 12.3. The van der Waals surface area contributed by atoms with Crippen LogP contribution >= 0.6 is 0 Å². The molecule has 2 saturated heterocycles. The number of nitrogens with zero attached hydrogens (tertiary/aromatic N) is 1. The number of ether oxygens (including phenoxy) is 3. The Bertz CT molecular complexity index is 895. The number of nitrogens with one attached hydrogen (secondary N) is 1. The molecule has 10 heteroatoms. The summed E-state index contributed by atoms with van der Waals surface area (Å²) in [5.41, 5.74) is 0.161. The molecule has 32 heavy (non-hydrogen) atoms. The number of sulfone groups is 1. The van der Waals surface area contributed by atoms with Gasteiger partial charge in [-0.05, 0) is 51.4 Å². The molecule has 1 amide bonds. The average molecular weight is 471 g/mol. The number of carbonyl (C=O) groups is 1. The minimum absolute atomic E-state index is 0.153. The number of hydrogen-bond acceptors (Lipinski definition) is 8. The summed E-state index contributed by atoms with van der Waals surface area (Å²) in [6.45, 7) is 5.88. The van der Waals surface area contributed by atoms with E-state index in [0.717, 1.165) is 19.3 Å². The summed E-state index contributed by atoms with van der Waals surface area (Å²) >= 11 is 0. The smallest absolute Gasteiger partial charge is 0.248 e. The first-order valence-electron chi connectivity index (χ1n) is 11.6. The van der Waals surface area contributed by atoms with Crippen LogP contribution in [0.25, 0.3) is 0 Å². The molecule has 1 aromatic rings. The number of amides is 1. The number of aromatic nitrogens is 1. The van der Waals surface area contributed by atoms with Gasteiger partial charge in [0, 0.05) is 31.3 Å². The Hall–Kier alpha value is -1.49. The van der Waals surface area contributed by atoms with E-state index in [2.05, 4.69) is 10.5 Å². The van der Waals surface area contributed by atoms with Crippen molar-refractivity contribution in [3.05, 3.63) is 11.8 Å². The molecule has 1 atom stereocenters. The molecule has 3 aliphatic rings. The highest BCUT2D eigenvalue weighted by Crippen LogP contribution is 2.44. The Morgan fingerprint density at radius 1 is 1.19 bits per heavy atom. The topological polar surface area (TPSA) is 117 Å². The predicted octanol–water partition coefficient (Wildman–Crippen LogP) is 2.95. The Labute approximate surface area is 189 Å². The minimum atomic E-state index is -3.64. The van der Waals surface area contributed by atoms with Gasteiger partial charge in [0.1, 0.15) is 0 Å². The van der Waals surface area contributed by atoms with Crippen LogP contribution in [0.15, 0.2) is 10.6 Å². The first-order valence-corrected chi connectivity index (χ1v) is 13.1. The van der Waals surface area contributed by atoms with Crippen molar-refractivity contribution in [1.29, 1.82) is 0 Å². The molecule has 0 aromatic carbocycles. The summed E-state index contributed by atoms with van der Waals surface area (Å²) < 4.78 is 47.4. The van der Waals surface area contributed by atoms with Crippen LogP contribution < -0.4 is 5.32 Å². The molecular weight excluding hydrogens is 436 g/mol. The molecule has 0 spiro atoms. The van der Waals surface area contributed by atoms with E-state index in [1.165, 1.54) is 0 Å². The third kappa shape index (κ3) is 4.60. The highest BCUT2D eigenvalue weighted by atomic mass is 32.2. The molecule has 4 rings (SSSR count). The molecule has 3 heterocycles. The van der Waals surface area contributed by atoms with Gasteiger partial charge in [-0.2, -0.15) is 0 Å². The predicted molar refractivity (Wildman–Crippen MR) is 117 cm³/mol. The van der Waals surface area contributed by atoms with E-state index in [4.69, 9.17) is 18.7 Å². The van der Waals surface area contributed by atoms with Crippen molar-refractivity contribution in [1.82, 2.24) is 5.16 Å². The van der Waals surface area contributed by atoms with Gasteiger partial charge in [0.2, 0.25) is 11.8 Å². The Balaban J connectivity index is 1.41. The van der Waals surface area contributed by atoms with Crippen molar-refractivity contribution < 1.29 is 31.9 Å². The molecule has 1 saturated carbocycles. The molecule has 9 nitrogen and oxygen atoms in total. The standard InChI is InChI=1S/C22H34N2O7S/c1-21(2,15-30-19-6-3-4-11-29-19)17-14-18(31-24-17)23-20(25)22(9-5-10-22)32(26,27)16-7-12-28-13-8-16/h14,16,19H,3-13,15H2,1-2H3,(H,23,25). The fourth-order valence-corrected chi connectivity index (χ4v) is 7.16. The molecule has 1 aromatic heterocycles. The van der Waals surface area contributed by atoms with E-state index >= 15 is 0 Å².